The number of aliphatic hydroxyl groups is 1. The Bertz CT molecular complexity index is 355. The molecule has 17 heavy (non-hydrogen) atoms. The van der Waals surface area contributed by atoms with Gasteiger partial charge in [-0.25, -0.2) is 0 Å². The Morgan fingerprint density at radius 3 is 3.12 bits per heavy atom. The molecule has 1 N–H and O–H groups in total. The van der Waals surface area contributed by atoms with Crippen molar-refractivity contribution in [3.63, 3.8) is 0 Å². The van der Waals surface area contributed by atoms with Gasteiger partial charge in [0.05, 0.1) is 24.7 Å². The van der Waals surface area contributed by atoms with Crippen molar-refractivity contribution in [2.45, 2.75) is 37.9 Å². The van der Waals surface area contributed by atoms with E-state index in [1.165, 1.54) is 0 Å². The summed E-state index contributed by atoms with van der Waals surface area (Å²) in [6, 6.07) is 0. The van der Waals surface area contributed by atoms with Crippen molar-refractivity contribution in [2.75, 3.05) is 20.3 Å². The Labute approximate surface area is 99.9 Å². The second-order valence-electron chi connectivity index (χ2n) is 4.34. The fourth-order valence-electron chi connectivity index (χ4n) is 1.80. The van der Waals surface area contributed by atoms with Crippen molar-refractivity contribution in [1.29, 1.82) is 0 Å². The molecule has 0 amide bonds. The number of rotatable bonds is 4. The quantitative estimate of drug-likeness (QED) is 0.829. The molecule has 2 heterocycles. The number of aliphatic hydroxyl groups excluding tert-OH is 1. The fraction of sp³-hybridized carbons (Fsp3) is 0.818. The predicted molar refractivity (Wildman–Crippen MR) is 58.7 cm³/mol. The van der Waals surface area contributed by atoms with Gasteiger partial charge >= 0.3 is 0 Å². The molecule has 3 atom stereocenters. The summed E-state index contributed by atoms with van der Waals surface area (Å²) in [4.78, 5) is 4.27. The van der Waals surface area contributed by atoms with Crippen molar-refractivity contribution in [3.05, 3.63) is 11.7 Å². The van der Waals surface area contributed by atoms with Gasteiger partial charge in [0.2, 0.25) is 5.89 Å². The number of hydrogen-bond acceptors (Lipinski definition) is 6. The van der Waals surface area contributed by atoms with Gasteiger partial charge in [-0.2, -0.15) is 4.98 Å². The summed E-state index contributed by atoms with van der Waals surface area (Å²) in [6.45, 7) is 2.95. The lowest BCUT2D eigenvalue weighted by molar-refractivity contribution is -0.0149. The topological polar surface area (TPSA) is 77.6 Å². The molecule has 0 saturated carbocycles. The molecule has 3 unspecified atom stereocenters. The maximum Gasteiger partial charge on any atom is 0.234 e. The fourth-order valence-corrected chi connectivity index (χ4v) is 1.80. The Hall–Kier alpha value is -0.980. The van der Waals surface area contributed by atoms with Gasteiger partial charge in [0.1, 0.15) is 0 Å². The zero-order valence-corrected chi connectivity index (χ0v) is 10.1. The summed E-state index contributed by atoms with van der Waals surface area (Å²) >= 11 is 0. The molecule has 1 aromatic rings. The number of methoxy groups -OCH3 is 1. The number of nitrogens with zero attached hydrogens (tertiary/aromatic N) is 2. The zero-order valence-electron chi connectivity index (χ0n) is 10.1. The monoisotopic (exact) mass is 242 g/mol. The highest BCUT2D eigenvalue weighted by molar-refractivity contribution is 4.99. The molecule has 1 aliphatic rings. The third-order valence-corrected chi connectivity index (χ3v) is 2.99. The van der Waals surface area contributed by atoms with Crippen LogP contribution in [0.3, 0.4) is 0 Å². The summed E-state index contributed by atoms with van der Waals surface area (Å²) in [6.07, 6.45) is 0.797. The molecular weight excluding hydrogens is 224 g/mol. The summed E-state index contributed by atoms with van der Waals surface area (Å²) in [7, 11) is 1.64. The molecule has 0 aliphatic carbocycles. The average Bonchev–Trinajstić information content (AvgIpc) is 2.78. The molecule has 1 fully saturated rings. The van der Waals surface area contributed by atoms with Crippen LogP contribution in [-0.4, -0.2) is 47.8 Å². The molecule has 6 nitrogen and oxygen atoms in total. The van der Waals surface area contributed by atoms with Gasteiger partial charge in [0.25, 0.3) is 0 Å². The lowest BCUT2D eigenvalue weighted by Gasteiger charge is -2.24. The lowest BCUT2D eigenvalue weighted by Crippen LogP contribution is -2.30. The van der Waals surface area contributed by atoms with Gasteiger partial charge in [-0.05, 0) is 13.3 Å². The van der Waals surface area contributed by atoms with Crippen molar-refractivity contribution in [3.8, 4) is 0 Å². The summed E-state index contributed by atoms with van der Waals surface area (Å²) in [5, 5.41) is 13.7. The molecule has 0 spiro atoms. The molecule has 0 bridgehead atoms. The molecule has 2 rings (SSSR count). The van der Waals surface area contributed by atoms with Crippen LogP contribution in [-0.2, 0) is 15.9 Å². The van der Waals surface area contributed by atoms with E-state index in [1.807, 2.05) is 6.92 Å². The highest BCUT2D eigenvalue weighted by Crippen LogP contribution is 2.24. The van der Waals surface area contributed by atoms with Crippen molar-refractivity contribution < 1.29 is 19.1 Å². The van der Waals surface area contributed by atoms with E-state index in [0.29, 0.717) is 37.8 Å². The van der Waals surface area contributed by atoms with Crippen LogP contribution in [0.1, 0.15) is 31.0 Å². The minimum absolute atomic E-state index is 0.0491. The predicted octanol–water partition coefficient (Wildman–Crippen LogP) is 0.512. The first-order chi connectivity index (χ1) is 8.20. The Kier molecular flexibility index (Phi) is 4.09. The first kappa shape index (κ1) is 12.5. The van der Waals surface area contributed by atoms with Crippen LogP contribution in [0.25, 0.3) is 0 Å². The van der Waals surface area contributed by atoms with Crippen molar-refractivity contribution >= 4 is 0 Å². The summed E-state index contributed by atoms with van der Waals surface area (Å²) < 4.78 is 15.6. The van der Waals surface area contributed by atoms with E-state index in [2.05, 4.69) is 10.1 Å². The minimum Gasteiger partial charge on any atom is -0.392 e. The minimum atomic E-state index is -0.461. The molecular formula is C11H18N2O4. The van der Waals surface area contributed by atoms with Crippen LogP contribution in [0, 0.1) is 0 Å². The van der Waals surface area contributed by atoms with E-state index in [9.17, 15) is 5.11 Å². The van der Waals surface area contributed by atoms with Gasteiger partial charge in [-0.3, -0.25) is 0 Å². The smallest absolute Gasteiger partial charge is 0.234 e. The maximum absolute atomic E-state index is 9.83. The highest BCUT2D eigenvalue weighted by Gasteiger charge is 2.30. The average molecular weight is 242 g/mol. The molecule has 0 aromatic carbocycles. The van der Waals surface area contributed by atoms with E-state index >= 15 is 0 Å². The van der Waals surface area contributed by atoms with E-state index in [-0.39, 0.29) is 12.0 Å². The normalized spacial score (nSPS) is 27.0. The standard InChI is InChI=1S/C11H18N2O4/c1-7(15-2)5-10-12-11(17-13-10)8-6-16-4-3-9(8)14/h7-9,14H,3-6H2,1-2H3. The van der Waals surface area contributed by atoms with Crippen LogP contribution >= 0.6 is 0 Å². The van der Waals surface area contributed by atoms with Gasteiger partial charge < -0.3 is 19.1 Å². The molecule has 1 saturated heterocycles. The Morgan fingerprint density at radius 2 is 2.41 bits per heavy atom. The number of hydrogen-bond donors (Lipinski definition) is 1. The second-order valence-corrected chi connectivity index (χ2v) is 4.34. The third-order valence-electron chi connectivity index (χ3n) is 2.99. The van der Waals surface area contributed by atoms with E-state index in [4.69, 9.17) is 14.0 Å². The maximum atomic E-state index is 9.83. The van der Waals surface area contributed by atoms with Crippen LogP contribution in [0.5, 0.6) is 0 Å². The summed E-state index contributed by atoms with van der Waals surface area (Å²) in [5.41, 5.74) is 0. The van der Waals surface area contributed by atoms with Gasteiger partial charge in [-0.15, -0.1) is 0 Å². The molecule has 6 heteroatoms. The van der Waals surface area contributed by atoms with Gasteiger partial charge in [-0.1, -0.05) is 5.16 Å². The SMILES string of the molecule is COC(C)Cc1noc(C2COCCC2O)n1. The first-order valence-electron chi connectivity index (χ1n) is 5.81. The Morgan fingerprint density at radius 1 is 1.59 bits per heavy atom. The van der Waals surface area contributed by atoms with Crippen LogP contribution in [0.2, 0.25) is 0 Å². The van der Waals surface area contributed by atoms with Gasteiger partial charge in [0.15, 0.2) is 5.82 Å². The van der Waals surface area contributed by atoms with E-state index < -0.39 is 6.10 Å². The van der Waals surface area contributed by atoms with E-state index in [0.717, 1.165) is 0 Å². The summed E-state index contributed by atoms with van der Waals surface area (Å²) in [5.74, 6) is 0.852. The Balaban J connectivity index is 2.01. The second kappa shape index (κ2) is 5.57. The molecule has 1 aliphatic heterocycles. The van der Waals surface area contributed by atoms with E-state index in [1.54, 1.807) is 7.11 Å². The van der Waals surface area contributed by atoms with Crippen molar-refractivity contribution in [1.82, 2.24) is 10.1 Å². The van der Waals surface area contributed by atoms with Crippen LogP contribution < -0.4 is 0 Å². The van der Waals surface area contributed by atoms with Gasteiger partial charge in [0, 0.05) is 20.1 Å². The third kappa shape index (κ3) is 3.02. The molecule has 96 valence electrons. The first-order valence-corrected chi connectivity index (χ1v) is 5.81. The zero-order chi connectivity index (χ0) is 12.3. The highest BCUT2D eigenvalue weighted by atomic mass is 16.5. The molecule has 1 aromatic heterocycles. The van der Waals surface area contributed by atoms with Crippen LogP contribution in [0.15, 0.2) is 4.52 Å². The molecule has 0 radical (unpaired) electrons. The van der Waals surface area contributed by atoms with Crippen molar-refractivity contribution in [2.24, 2.45) is 0 Å². The van der Waals surface area contributed by atoms with Crippen LogP contribution in [0.4, 0.5) is 0 Å². The number of ether oxygens (including phenoxy) is 2. The lowest BCUT2D eigenvalue weighted by atomic mass is 9.99. The largest absolute Gasteiger partial charge is 0.392 e. The number of aromatic nitrogens is 2.